The predicted octanol–water partition coefficient (Wildman–Crippen LogP) is 0.239. The normalized spacial score (nSPS) is 22.5. The number of hydrogen-bond acceptors (Lipinski definition) is 8. The minimum atomic E-state index is -0.571. The lowest BCUT2D eigenvalue weighted by Gasteiger charge is -2.24. The van der Waals surface area contributed by atoms with Crippen molar-refractivity contribution >= 4 is 34.8 Å². The number of nitrogens with zero attached hydrogens (tertiary/aromatic N) is 3. The van der Waals surface area contributed by atoms with Crippen LogP contribution in [-0.4, -0.2) is 54.9 Å². The van der Waals surface area contributed by atoms with Crippen molar-refractivity contribution in [2.45, 2.75) is 19.8 Å². The summed E-state index contributed by atoms with van der Waals surface area (Å²) >= 11 is 1.09. The van der Waals surface area contributed by atoms with E-state index >= 15 is 0 Å². The Morgan fingerprint density at radius 2 is 2.41 bits per heavy atom. The van der Waals surface area contributed by atoms with E-state index in [1.165, 1.54) is 7.11 Å². The molecule has 2 heterocycles. The zero-order valence-corrected chi connectivity index (χ0v) is 13.4. The van der Waals surface area contributed by atoms with Crippen molar-refractivity contribution in [3.8, 4) is 0 Å². The highest BCUT2D eigenvalue weighted by Gasteiger charge is 2.25. The Bertz CT molecular complexity index is 544. The van der Waals surface area contributed by atoms with Crippen LogP contribution in [0.1, 0.15) is 19.8 Å². The minimum absolute atomic E-state index is 0.256. The average molecular weight is 325 g/mol. The third kappa shape index (κ3) is 4.57. The number of amidine groups is 1. The molecule has 0 aromatic carbocycles. The Balaban J connectivity index is 1.94. The van der Waals surface area contributed by atoms with Gasteiger partial charge < -0.3 is 15.4 Å². The highest BCUT2D eigenvalue weighted by molar-refractivity contribution is 8.18. The zero-order chi connectivity index (χ0) is 15.9. The molecule has 0 radical (unpaired) electrons. The minimum Gasteiger partial charge on any atom is -0.466 e. The Kier molecular flexibility index (Phi) is 5.96. The molecule has 9 heteroatoms. The Hall–Kier alpha value is -1.87. The van der Waals surface area contributed by atoms with Crippen molar-refractivity contribution in [1.82, 2.24) is 15.5 Å². The number of carbonyl (C=O) groups is 2. The number of carbonyl (C=O) groups excluding carboxylic acids is 2. The fourth-order valence-corrected chi connectivity index (χ4v) is 2.59. The average Bonchev–Trinajstić information content (AvgIpc) is 2.86. The van der Waals surface area contributed by atoms with Crippen LogP contribution in [0.3, 0.4) is 0 Å². The Morgan fingerprint density at radius 1 is 1.59 bits per heavy atom. The lowest BCUT2D eigenvalue weighted by molar-refractivity contribution is -0.135. The van der Waals surface area contributed by atoms with Crippen molar-refractivity contribution in [3.05, 3.63) is 11.0 Å². The maximum atomic E-state index is 11.7. The number of thioether (sulfide) groups is 1. The van der Waals surface area contributed by atoms with Crippen molar-refractivity contribution in [2.24, 2.45) is 9.98 Å². The number of esters is 1. The summed E-state index contributed by atoms with van der Waals surface area (Å²) in [5.74, 6) is -0.455. The first-order valence-electron chi connectivity index (χ1n) is 7.00. The molecule has 0 unspecified atom stereocenters. The summed E-state index contributed by atoms with van der Waals surface area (Å²) in [6.07, 6.45) is 3.42. The maximum Gasteiger partial charge on any atom is 0.331 e. The van der Waals surface area contributed by atoms with Gasteiger partial charge in [-0.15, -0.1) is 0 Å². The van der Waals surface area contributed by atoms with E-state index in [1.54, 1.807) is 0 Å². The molecule has 22 heavy (non-hydrogen) atoms. The molecule has 120 valence electrons. The van der Waals surface area contributed by atoms with Gasteiger partial charge in [-0.3, -0.25) is 9.69 Å². The fraction of sp³-hybridized carbons (Fsp3) is 0.538. The van der Waals surface area contributed by atoms with Crippen LogP contribution in [0.5, 0.6) is 0 Å². The van der Waals surface area contributed by atoms with E-state index in [1.807, 2.05) is 0 Å². The maximum absolute atomic E-state index is 11.7. The smallest absolute Gasteiger partial charge is 0.331 e. The summed E-state index contributed by atoms with van der Waals surface area (Å²) in [4.78, 5) is 33.9. The first-order chi connectivity index (χ1) is 10.6. The summed E-state index contributed by atoms with van der Waals surface area (Å²) < 4.78 is 4.50. The molecule has 8 nitrogen and oxygen atoms in total. The number of methoxy groups -OCH3 is 1. The molecule has 2 aliphatic heterocycles. The number of amides is 1. The predicted molar refractivity (Wildman–Crippen MR) is 85.2 cm³/mol. The molecule has 0 aliphatic carbocycles. The summed E-state index contributed by atoms with van der Waals surface area (Å²) in [6.45, 7) is 4.41. The summed E-state index contributed by atoms with van der Waals surface area (Å²) in [5.41, 5.74) is 0. The van der Waals surface area contributed by atoms with Crippen LogP contribution in [0.4, 0.5) is 0 Å². The van der Waals surface area contributed by atoms with E-state index in [4.69, 9.17) is 0 Å². The molecule has 0 aromatic heterocycles. The van der Waals surface area contributed by atoms with Crippen LogP contribution in [-0.2, 0) is 14.3 Å². The quantitative estimate of drug-likeness (QED) is 0.568. The second-order valence-electron chi connectivity index (χ2n) is 4.71. The Labute approximate surface area is 133 Å². The molecule has 0 spiro atoms. The van der Waals surface area contributed by atoms with Gasteiger partial charge in [0.05, 0.1) is 25.4 Å². The molecule has 2 aliphatic rings. The standard InChI is InChI=1S/C13H19N5O3S/c1-3-4-5-18-7-14-12(15-8-18)17-13-16-11(20)9(22-13)6-10(19)21-2/h6H,3-5,7-8H2,1-2H3,(H2,14,15,16,17,20). The van der Waals surface area contributed by atoms with Gasteiger partial charge >= 0.3 is 5.97 Å². The monoisotopic (exact) mass is 325 g/mol. The highest BCUT2D eigenvalue weighted by Crippen LogP contribution is 2.23. The zero-order valence-electron chi connectivity index (χ0n) is 12.6. The first-order valence-corrected chi connectivity index (χ1v) is 7.82. The van der Waals surface area contributed by atoms with Gasteiger partial charge in [-0.2, -0.15) is 4.99 Å². The van der Waals surface area contributed by atoms with E-state index in [-0.39, 0.29) is 10.8 Å². The molecule has 1 saturated heterocycles. The van der Waals surface area contributed by atoms with E-state index in [0.717, 1.165) is 37.2 Å². The lowest BCUT2D eigenvalue weighted by atomic mass is 10.3. The second-order valence-corrected chi connectivity index (χ2v) is 5.74. The van der Waals surface area contributed by atoms with Crippen LogP contribution < -0.4 is 10.6 Å². The van der Waals surface area contributed by atoms with Crippen LogP contribution in [0, 0.1) is 0 Å². The third-order valence-corrected chi connectivity index (χ3v) is 3.93. The molecule has 0 atom stereocenters. The highest BCUT2D eigenvalue weighted by atomic mass is 32.2. The topological polar surface area (TPSA) is 95.4 Å². The molecule has 0 saturated carbocycles. The van der Waals surface area contributed by atoms with Crippen LogP contribution in [0.15, 0.2) is 21.0 Å². The third-order valence-electron chi connectivity index (χ3n) is 3.02. The molecule has 2 N–H and O–H groups in total. The Morgan fingerprint density at radius 3 is 3.05 bits per heavy atom. The first kappa shape index (κ1) is 16.5. The van der Waals surface area contributed by atoms with Gasteiger partial charge in [0, 0.05) is 12.6 Å². The fourth-order valence-electron chi connectivity index (χ4n) is 1.80. The van der Waals surface area contributed by atoms with Gasteiger partial charge in [-0.1, -0.05) is 13.3 Å². The van der Waals surface area contributed by atoms with E-state index in [0.29, 0.717) is 24.5 Å². The molecule has 2 rings (SSSR count). The number of hydrogen-bond donors (Lipinski definition) is 2. The molecular formula is C13H19N5O3S. The number of rotatable bonds is 4. The SMILES string of the molecule is CCCCN1CN=C(N=C2NC(=O)C(=CC(=O)OC)S2)NC1. The van der Waals surface area contributed by atoms with Gasteiger partial charge in [0.25, 0.3) is 5.91 Å². The summed E-state index contributed by atoms with van der Waals surface area (Å²) in [6, 6.07) is 0. The summed E-state index contributed by atoms with van der Waals surface area (Å²) in [5, 5.41) is 6.09. The van der Waals surface area contributed by atoms with Crippen LogP contribution in [0.2, 0.25) is 0 Å². The van der Waals surface area contributed by atoms with E-state index in [9.17, 15) is 9.59 Å². The molecule has 0 bridgehead atoms. The van der Waals surface area contributed by atoms with Crippen molar-refractivity contribution in [3.63, 3.8) is 0 Å². The molecule has 1 amide bonds. The molecule has 0 aromatic rings. The van der Waals surface area contributed by atoms with Gasteiger partial charge in [-0.25, -0.2) is 9.79 Å². The van der Waals surface area contributed by atoms with Gasteiger partial charge in [0.15, 0.2) is 5.17 Å². The largest absolute Gasteiger partial charge is 0.466 e. The lowest BCUT2D eigenvalue weighted by Crippen LogP contribution is -2.43. The van der Waals surface area contributed by atoms with Crippen molar-refractivity contribution < 1.29 is 14.3 Å². The van der Waals surface area contributed by atoms with Gasteiger partial charge in [0.1, 0.15) is 0 Å². The van der Waals surface area contributed by atoms with Crippen molar-refractivity contribution in [1.29, 1.82) is 0 Å². The van der Waals surface area contributed by atoms with E-state index in [2.05, 4.69) is 37.2 Å². The van der Waals surface area contributed by atoms with Gasteiger partial charge in [-0.05, 0) is 18.2 Å². The number of nitrogens with one attached hydrogen (secondary N) is 2. The second kappa shape index (κ2) is 7.95. The van der Waals surface area contributed by atoms with Crippen LogP contribution in [0.25, 0.3) is 0 Å². The number of unbranched alkanes of at least 4 members (excludes halogenated alkanes) is 1. The number of guanidine groups is 1. The number of ether oxygens (including phenoxy) is 1. The van der Waals surface area contributed by atoms with Crippen molar-refractivity contribution in [2.75, 3.05) is 27.0 Å². The number of aliphatic imine (C=N–C) groups is 2. The van der Waals surface area contributed by atoms with E-state index < -0.39 is 5.97 Å². The molecular weight excluding hydrogens is 306 g/mol. The van der Waals surface area contributed by atoms with Crippen LogP contribution >= 0.6 is 11.8 Å². The summed E-state index contributed by atoms with van der Waals surface area (Å²) in [7, 11) is 1.26. The molecule has 1 fully saturated rings. The van der Waals surface area contributed by atoms with Gasteiger partial charge in [0.2, 0.25) is 5.96 Å².